The molecule has 0 saturated heterocycles. The number of fused-ring (bicyclic) bond motifs is 2. The Balaban J connectivity index is 2.00. The Labute approximate surface area is 129 Å². The largest absolute Gasteiger partial charge is 0.283 e. The van der Waals surface area contributed by atoms with E-state index in [1.807, 2.05) is 23.0 Å². The summed E-state index contributed by atoms with van der Waals surface area (Å²) in [6.45, 7) is 2.11. The molecule has 21 heavy (non-hydrogen) atoms. The molecule has 0 spiro atoms. The molecule has 1 aromatic carbocycles. The van der Waals surface area contributed by atoms with Crippen molar-refractivity contribution in [1.82, 2.24) is 19.5 Å². The zero-order valence-corrected chi connectivity index (χ0v) is 13.2. The second-order valence-electron chi connectivity index (χ2n) is 4.70. The summed E-state index contributed by atoms with van der Waals surface area (Å²) >= 11 is 3.42. The molecule has 0 saturated carbocycles. The average Bonchev–Trinajstić information content (AvgIpc) is 3.12. The molecule has 0 radical (unpaired) electrons. The molecule has 3 aromatic heterocycles. The van der Waals surface area contributed by atoms with E-state index in [2.05, 4.69) is 35.3 Å². The third kappa shape index (κ3) is 1.94. The molecule has 4 aromatic rings. The Morgan fingerprint density at radius 2 is 2.10 bits per heavy atom. The third-order valence-electron chi connectivity index (χ3n) is 3.51. The van der Waals surface area contributed by atoms with Gasteiger partial charge in [0.1, 0.15) is 11.8 Å². The van der Waals surface area contributed by atoms with Gasteiger partial charge >= 0.3 is 0 Å². The predicted octanol–water partition coefficient (Wildman–Crippen LogP) is 4.06. The van der Waals surface area contributed by atoms with Gasteiger partial charge in [-0.2, -0.15) is 0 Å². The highest BCUT2D eigenvalue weighted by Gasteiger charge is 2.12. The highest BCUT2D eigenvalue weighted by Crippen LogP contribution is 2.33. The van der Waals surface area contributed by atoms with E-state index in [4.69, 9.17) is 4.98 Å². The van der Waals surface area contributed by atoms with Gasteiger partial charge in [0.15, 0.2) is 9.99 Å². The number of aromatic nitrogens is 4. The number of nitrogens with zero attached hydrogens (tertiary/aromatic N) is 4. The summed E-state index contributed by atoms with van der Waals surface area (Å²) in [4.78, 5) is 13.6. The Hall–Kier alpha value is -1.92. The molecule has 3 heterocycles. The van der Waals surface area contributed by atoms with Gasteiger partial charge in [0, 0.05) is 11.8 Å². The lowest BCUT2D eigenvalue weighted by Gasteiger charge is -2.07. The number of thiazole rings is 1. The van der Waals surface area contributed by atoms with Crippen molar-refractivity contribution >= 4 is 44.5 Å². The number of hydrogen-bond donors (Lipinski definition) is 0. The molecular weight excluding hydrogens is 300 g/mol. The second-order valence-corrected chi connectivity index (χ2v) is 6.79. The Bertz CT molecular complexity index is 955. The van der Waals surface area contributed by atoms with E-state index >= 15 is 0 Å². The summed E-state index contributed by atoms with van der Waals surface area (Å²) in [5.74, 6) is 0. The smallest absolute Gasteiger partial charge is 0.164 e. The van der Waals surface area contributed by atoms with Crippen LogP contribution in [0.5, 0.6) is 0 Å². The van der Waals surface area contributed by atoms with Crippen molar-refractivity contribution in [3.05, 3.63) is 42.4 Å². The van der Waals surface area contributed by atoms with Gasteiger partial charge in [0.05, 0.1) is 15.9 Å². The van der Waals surface area contributed by atoms with Crippen molar-refractivity contribution in [2.45, 2.75) is 11.3 Å². The Kier molecular flexibility index (Phi) is 2.94. The molecule has 0 N–H and O–H groups in total. The van der Waals surface area contributed by atoms with E-state index in [1.54, 1.807) is 29.3 Å². The van der Waals surface area contributed by atoms with Crippen LogP contribution in [0.15, 0.2) is 41.1 Å². The maximum absolute atomic E-state index is 4.71. The number of aryl methyl sites for hydroxylation is 1. The highest BCUT2D eigenvalue weighted by molar-refractivity contribution is 8.00. The lowest BCUT2D eigenvalue weighted by Crippen LogP contribution is -1.97. The van der Waals surface area contributed by atoms with E-state index in [9.17, 15) is 0 Å². The van der Waals surface area contributed by atoms with Crippen molar-refractivity contribution in [3.8, 4) is 5.69 Å². The first kappa shape index (κ1) is 12.8. The highest BCUT2D eigenvalue weighted by atomic mass is 32.2. The minimum atomic E-state index is 0.875. The van der Waals surface area contributed by atoms with Crippen molar-refractivity contribution in [2.24, 2.45) is 0 Å². The molecule has 0 bridgehead atoms. The molecule has 0 amide bonds. The Morgan fingerprint density at radius 3 is 2.95 bits per heavy atom. The summed E-state index contributed by atoms with van der Waals surface area (Å²) < 4.78 is 4.35. The standard InChI is InChI=1S/C15H12N4S2/c1-9-11(5-6-12-13(9)18-15(20-2)21-12)19-8-17-10-4-3-7-16-14(10)19/h3-8H,1-2H3. The predicted molar refractivity (Wildman–Crippen MR) is 88.6 cm³/mol. The van der Waals surface area contributed by atoms with Crippen LogP contribution in [0.4, 0.5) is 0 Å². The number of imidazole rings is 1. The minimum Gasteiger partial charge on any atom is -0.283 e. The van der Waals surface area contributed by atoms with E-state index in [1.165, 1.54) is 4.70 Å². The Morgan fingerprint density at radius 1 is 1.19 bits per heavy atom. The molecule has 0 aliphatic heterocycles. The van der Waals surface area contributed by atoms with Gasteiger partial charge in [-0.15, -0.1) is 11.3 Å². The maximum Gasteiger partial charge on any atom is 0.164 e. The summed E-state index contributed by atoms with van der Waals surface area (Å²) in [6.07, 6.45) is 5.68. The first-order valence-corrected chi connectivity index (χ1v) is 8.54. The molecular formula is C15H12N4S2. The van der Waals surface area contributed by atoms with E-state index in [0.717, 1.165) is 32.3 Å². The molecule has 104 valence electrons. The second kappa shape index (κ2) is 4.82. The van der Waals surface area contributed by atoms with Crippen LogP contribution in [0.2, 0.25) is 0 Å². The first-order chi connectivity index (χ1) is 10.3. The number of benzene rings is 1. The van der Waals surface area contributed by atoms with Gasteiger partial charge in [0.2, 0.25) is 0 Å². The van der Waals surface area contributed by atoms with Crippen molar-refractivity contribution in [2.75, 3.05) is 6.26 Å². The molecule has 0 unspecified atom stereocenters. The van der Waals surface area contributed by atoms with E-state index in [-0.39, 0.29) is 0 Å². The fourth-order valence-corrected chi connectivity index (χ4v) is 4.01. The topological polar surface area (TPSA) is 43.6 Å². The van der Waals surface area contributed by atoms with Crippen LogP contribution in [0.3, 0.4) is 0 Å². The van der Waals surface area contributed by atoms with Crippen molar-refractivity contribution in [3.63, 3.8) is 0 Å². The SMILES string of the molecule is CSc1nc2c(C)c(-n3cnc4cccnc43)ccc2s1. The van der Waals surface area contributed by atoms with Gasteiger partial charge in [-0.3, -0.25) is 4.57 Å². The van der Waals surface area contributed by atoms with E-state index in [0.29, 0.717) is 0 Å². The summed E-state index contributed by atoms with van der Waals surface area (Å²) in [7, 11) is 0. The van der Waals surface area contributed by atoms with Crippen LogP contribution in [-0.4, -0.2) is 25.8 Å². The quantitative estimate of drug-likeness (QED) is 0.524. The number of rotatable bonds is 2. The van der Waals surface area contributed by atoms with Crippen LogP contribution in [0, 0.1) is 6.92 Å². The summed E-state index contributed by atoms with van der Waals surface area (Å²) in [5.41, 5.74) is 5.09. The molecule has 6 heteroatoms. The van der Waals surface area contributed by atoms with Crippen molar-refractivity contribution < 1.29 is 0 Å². The molecule has 0 atom stereocenters. The van der Waals surface area contributed by atoms with Crippen LogP contribution in [-0.2, 0) is 0 Å². The van der Waals surface area contributed by atoms with Crippen molar-refractivity contribution in [1.29, 1.82) is 0 Å². The number of thioether (sulfide) groups is 1. The van der Waals surface area contributed by atoms with Crippen LogP contribution >= 0.6 is 23.1 Å². The molecule has 4 rings (SSSR count). The fourth-order valence-electron chi connectivity index (χ4n) is 2.47. The third-order valence-corrected chi connectivity index (χ3v) is 5.51. The molecule has 0 aliphatic carbocycles. The molecule has 0 fully saturated rings. The van der Waals surface area contributed by atoms with Crippen LogP contribution in [0.25, 0.3) is 27.1 Å². The zero-order chi connectivity index (χ0) is 14.4. The lowest BCUT2D eigenvalue weighted by atomic mass is 10.1. The van der Waals surface area contributed by atoms with Gasteiger partial charge < -0.3 is 0 Å². The number of hydrogen-bond acceptors (Lipinski definition) is 5. The first-order valence-electron chi connectivity index (χ1n) is 6.50. The van der Waals surface area contributed by atoms with Gasteiger partial charge in [-0.05, 0) is 37.4 Å². The molecule has 0 aliphatic rings. The monoisotopic (exact) mass is 312 g/mol. The lowest BCUT2D eigenvalue weighted by molar-refractivity contribution is 1.05. The average molecular weight is 312 g/mol. The van der Waals surface area contributed by atoms with Gasteiger partial charge in [0.25, 0.3) is 0 Å². The normalized spacial score (nSPS) is 11.5. The van der Waals surface area contributed by atoms with Crippen LogP contribution < -0.4 is 0 Å². The number of pyridine rings is 1. The molecule has 4 nitrogen and oxygen atoms in total. The fraction of sp³-hybridized carbons (Fsp3) is 0.133. The minimum absolute atomic E-state index is 0.875. The maximum atomic E-state index is 4.71. The van der Waals surface area contributed by atoms with Gasteiger partial charge in [-0.25, -0.2) is 15.0 Å². The summed E-state index contributed by atoms with van der Waals surface area (Å²) in [6, 6.07) is 8.13. The van der Waals surface area contributed by atoms with Gasteiger partial charge in [-0.1, -0.05) is 11.8 Å². The van der Waals surface area contributed by atoms with E-state index < -0.39 is 0 Å². The van der Waals surface area contributed by atoms with Crippen LogP contribution in [0.1, 0.15) is 5.56 Å². The zero-order valence-electron chi connectivity index (χ0n) is 11.6. The summed E-state index contributed by atoms with van der Waals surface area (Å²) in [5, 5.41) is 0.